The number of amides is 1. The van der Waals surface area contributed by atoms with E-state index in [1.54, 1.807) is 20.5 Å². The highest BCUT2D eigenvalue weighted by atomic mass is 32.2. The molecule has 0 saturated heterocycles. The van der Waals surface area contributed by atoms with E-state index in [4.69, 9.17) is 0 Å². The molecule has 2 aromatic heterocycles. The predicted octanol–water partition coefficient (Wildman–Crippen LogP) is 3.71. The molecule has 0 bridgehead atoms. The molecule has 5 nitrogen and oxygen atoms in total. The first kappa shape index (κ1) is 19.8. The third kappa shape index (κ3) is 5.05. The standard InChI is InChI=1S/C20H25N3O2S2/c1-2-10-22-17-5-3-4-6-18(17)23(20(22)25)11-7-19(24)21-9-13-27-15-16-8-12-26-14-16/h3-6,8,12,14H,2,7,9-11,13,15H2,1H3,(H,21,24). The lowest BCUT2D eigenvalue weighted by Gasteiger charge is -2.06. The Morgan fingerprint density at radius 2 is 1.89 bits per heavy atom. The zero-order chi connectivity index (χ0) is 19.1. The summed E-state index contributed by atoms with van der Waals surface area (Å²) in [6.45, 7) is 3.81. The average molecular weight is 404 g/mol. The van der Waals surface area contributed by atoms with Gasteiger partial charge in [-0.15, -0.1) is 0 Å². The number of nitrogens with one attached hydrogen (secondary N) is 1. The van der Waals surface area contributed by atoms with Crippen LogP contribution in [0, 0.1) is 0 Å². The van der Waals surface area contributed by atoms with Crippen molar-refractivity contribution < 1.29 is 4.79 Å². The molecular weight excluding hydrogens is 378 g/mol. The molecule has 144 valence electrons. The van der Waals surface area contributed by atoms with Crippen molar-refractivity contribution in [1.29, 1.82) is 0 Å². The monoisotopic (exact) mass is 403 g/mol. The number of nitrogens with zero attached hydrogens (tertiary/aromatic N) is 2. The molecule has 0 unspecified atom stereocenters. The van der Waals surface area contributed by atoms with Gasteiger partial charge in [-0.2, -0.15) is 23.1 Å². The first-order valence-corrected chi connectivity index (χ1v) is 11.3. The second-order valence-electron chi connectivity index (χ2n) is 6.36. The van der Waals surface area contributed by atoms with Crippen LogP contribution in [0.5, 0.6) is 0 Å². The minimum Gasteiger partial charge on any atom is -0.355 e. The summed E-state index contributed by atoms with van der Waals surface area (Å²) in [5, 5.41) is 7.18. The van der Waals surface area contributed by atoms with Gasteiger partial charge < -0.3 is 5.32 Å². The van der Waals surface area contributed by atoms with Gasteiger partial charge in [0.25, 0.3) is 0 Å². The summed E-state index contributed by atoms with van der Waals surface area (Å²) in [7, 11) is 0. The van der Waals surface area contributed by atoms with E-state index in [0.717, 1.165) is 29.0 Å². The number of hydrogen-bond acceptors (Lipinski definition) is 4. The topological polar surface area (TPSA) is 56.0 Å². The fourth-order valence-corrected chi connectivity index (χ4v) is 4.64. The van der Waals surface area contributed by atoms with Crippen LogP contribution >= 0.6 is 23.1 Å². The van der Waals surface area contributed by atoms with Crippen molar-refractivity contribution in [3.05, 3.63) is 57.1 Å². The highest BCUT2D eigenvalue weighted by Crippen LogP contribution is 2.15. The SMILES string of the molecule is CCCn1c(=O)n(CCC(=O)NCCSCc2ccsc2)c2ccccc21. The van der Waals surface area contributed by atoms with Crippen LogP contribution in [-0.4, -0.2) is 27.3 Å². The Morgan fingerprint density at radius 1 is 1.15 bits per heavy atom. The third-order valence-electron chi connectivity index (χ3n) is 4.35. The van der Waals surface area contributed by atoms with Crippen LogP contribution in [0.4, 0.5) is 0 Å². The Morgan fingerprint density at radius 3 is 2.56 bits per heavy atom. The highest BCUT2D eigenvalue weighted by Gasteiger charge is 2.13. The van der Waals surface area contributed by atoms with Crippen molar-refractivity contribution in [2.45, 2.75) is 38.6 Å². The fraction of sp³-hybridized carbons (Fsp3) is 0.400. The molecule has 0 aliphatic carbocycles. The summed E-state index contributed by atoms with van der Waals surface area (Å²) in [6.07, 6.45) is 1.21. The number of benzene rings is 1. The van der Waals surface area contributed by atoms with E-state index in [1.165, 1.54) is 5.56 Å². The molecule has 3 rings (SSSR count). The molecule has 0 atom stereocenters. The summed E-state index contributed by atoms with van der Waals surface area (Å²) in [4.78, 5) is 24.8. The van der Waals surface area contributed by atoms with Crippen LogP contribution < -0.4 is 11.0 Å². The highest BCUT2D eigenvalue weighted by molar-refractivity contribution is 7.98. The molecule has 0 aliphatic heterocycles. The quantitative estimate of drug-likeness (QED) is 0.525. The van der Waals surface area contributed by atoms with Gasteiger partial charge in [-0.25, -0.2) is 4.79 Å². The second-order valence-corrected chi connectivity index (χ2v) is 8.24. The van der Waals surface area contributed by atoms with Crippen molar-refractivity contribution in [2.75, 3.05) is 12.3 Å². The Labute approximate surface area is 167 Å². The van der Waals surface area contributed by atoms with E-state index in [2.05, 4.69) is 29.1 Å². The van der Waals surface area contributed by atoms with Crippen molar-refractivity contribution in [2.24, 2.45) is 0 Å². The molecule has 27 heavy (non-hydrogen) atoms. The van der Waals surface area contributed by atoms with Gasteiger partial charge in [0.15, 0.2) is 0 Å². The van der Waals surface area contributed by atoms with Crippen LogP contribution in [0.25, 0.3) is 11.0 Å². The van der Waals surface area contributed by atoms with E-state index in [-0.39, 0.29) is 11.6 Å². The number of aromatic nitrogens is 2. The summed E-state index contributed by atoms with van der Waals surface area (Å²) < 4.78 is 3.52. The lowest BCUT2D eigenvalue weighted by molar-refractivity contribution is -0.121. The zero-order valence-corrected chi connectivity index (χ0v) is 17.2. The Hall–Kier alpha value is -1.99. The maximum absolute atomic E-state index is 12.7. The van der Waals surface area contributed by atoms with E-state index >= 15 is 0 Å². The first-order valence-electron chi connectivity index (χ1n) is 9.24. The number of hydrogen-bond donors (Lipinski definition) is 1. The molecule has 3 aromatic rings. The number of carbonyl (C=O) groups is 1. The average Bonchev–Trinajstić information content (AvgIpc) is 3.28. The van der Waals surface area contributed by atoms with Gasteiger partial charge >= 0.3 is 5.69 Å². The maximum atomic E-state index is 12.7. The molecule has 1 aromatic carbocycles. The van der Waals surface area contributed by atoms with E-state index in [0.29, 0.717) is 26.1 Å². The Bertz CT molecular complexity index is 929. The van der Waals surface area contributed by atoms with E-state index in [1.807, 2.05) is 36.0 Å². The number of aryl methyl sites for hydroxylation is 2. The molecule has 7 heteroatoms. The van der Waals surface area contributed by atoms with Crippen molar-refractivity contribution in [1.82, 2.24) is 14.5 Å². The summed E-state index contributed by atoms with van der Waals surface area (Å²) in [5.74, 6) is 1.86. The number of rotatable bonds is 10. The molecule has 0 aliphatic rings. The lowest BCUT2D eigenvalue weighted by Crippen LogP contribution is -2.29. The zero-order valence-electron chi connectivity index (χ0n) is 15.5. The maximum Gasteiger partial charge on any atom is 0.329 e. The minimum absolute atomic E-state index is 0.00893. The fourth-order valence-electron chi connectivity index (χ4n) is 3.06. The molecule has 0 fully saturated rings. The molecule has 1 amide bonds. The number of imidazole rings is 1. The van der Waals surface area contributed by atoms with Crippen LogP contribution in [0.1, 0.15) is 25.3 Å². The van der Waals surface area contributed by atoms with Gasteiger partial charge in [0.05, 0.1) is 11.0 Å². The number of para-hydroxylation sites is 2. The second kappa shape index (κ2) is 9.80. The molecule has 2 heterocycles. The van der Waals surface area contributed by atoms with Gasteiger partial charge in [0, 0.05) is 37.6 Å². The largest absolute Gasteiger partial charge is 0.355 e. The van der Waals surface area contributed by atoms with Gasteiger partial charge in [0.1, 0.15) is 0 Å². The summed E-state index contributed by atoms with van der Waals surface area (Å²) in [6, 6.07) is 9.91. The van der Waals surface area contributed by atoms with Gasteiger partial charge in [-0.3, -0.25) is 13.9 Å². The van der Waals surface area contributed by atoms with Crippen molar-refractivity contribution >= 4 is 40.0 Å². The first-order chi connectivity index (χ1) is 13.2. The number of carbonyl (C=O) groups excluding carboxylic acids is 1. The molecule has 0 saturated carbocycles. The summed E-state index contributed by atoms with van der Waals surface area (Å²) >= 11 is 3.52. The smallest absolute Gasteiger partial charge is 0.329 e. The molecule has 0 spiro atoms. The third-order valence-corrected chi connectivity index (χ3v) is 6.11. The van der Waals surface area contributed by atoms with Crippen LogP contribution in [0.15, 0.2) is 45.9 Å². The molecular formula is C20H25N3O2S2. The lowest BCUT2D eigenvalue weighted by atomic mass is 10.3. The minimum atomic E-state index is -0.0304. The van der Waals surface area contributed by atoms with Gasteiger partial charge in [0.2, 0.25) is 5.91 Å². The van der Waals surface area contributed by atoms with E-state index in [9.17, 15) is 9.59 Å². The van der Waals surface area contributed by atoms with Gasteiger partial charge in [-0.05, 0) is 40.9 Å². The van der Waals surface area contributed by atoms with Crippen molar-refractivity contribution in [3.8, 4) is 0 Å². The number of fused-ring (bicyclic) bond motifs is 1. The number of thiophene rings is 1. The summed E-state index contributed by atoms with van der Waals surface area (Å²) in [5.41, 5.74) is 3.14. The number of thioether (sulfide) groups is 1. The van der Waals surface area contributed by atoms with Crippen LogP contribution in [0.2, 0.25) is 0 Å². The molecule has 0 radical (unpaired) electrons. The predicted molar refractivity (Wildman–Crippen MR) is 115 cm³/mol. The van der Waals surface area contributed by atoms with Crippen molar-refractivity contribution in [3.63, 3.8) is 0 Å². The normalized spacial score (nSPS) is 11.1. The van der Waals surface area contributed by atoms with Crippen LogP contribution in [0.3, 0.4) is 0 Å². The van der Waals surface area contributed by atoms with E-state index < -0.39 is 0 Å². The van der Waals surface area contributed by atoms with Gasteiger partial charge in [-0.1, -0.05) is 19.1 Å². The Kier molecular flexibility index (Phi) is 7.18. The molecule has 1 N–H and O–H groups in total. The Balaban J connectivity index is 1.50. The van der Waals surface area contributed by atoms with Crippen LogP contribution in [-0.2, 0) is 23.6 Å².